The van der Waals surface area contributed by atoms with Gasteiger partial charge in [-0.15, -0.1) is 0 Å². The Morgan fingerprint density at radius 2 is 1.50 bits per heavy atom. The number of nitrogens with one attached hydrogen (secondary N) is 1. The SMILES string of the molecule is COc1ccc(CNC(=O)COC(=O)c2ccccc2CCc2ccccc2)cc1OC. The third-order valence-electron chi connectivity index (χ3n) is 5.04. The molecule has 1 amide bonds. The predicted octanol–water partition coefficient (Wildman–Crippen LogP) is 3.96. The Morgan fingerprint density at radius 1 is 0.781 bits per heavy atom. The number of rotatable bonds is 10. The van der Waals surface area contributed by atoms with E-state index in [1.807, 2.05) is 36.4 Å². The van der Waals surface area contributed by atoms with E-state index in [1.165, 1.54) is 5.56 Å². The fourth-order valence-electron chi connectivity index (χ4n) is 3.31. The molecular weight excluding hydrogens is 406 g/mol. The summed E-state index contributed by atoms with van der Waals surface area (Å²) in [4.78, 5) is 24.8. The molecule has 0 fully saturated rings. The van der Waals surface area contributed by atoms with Crippen molar-refractivity contribution < 1.29 is 23.8 Å². The van der Waals surface area contributed by atoms with Gasteiger partial charge >= 0.3 is 5.97 Å². The molecule has 0 saturated carbocycles. The van der Waals surface area contributed by atoms with Crippen LogP contribution in [-0.2, 0) is 28.9 Å². The first-order valence-electron chi connectivity index (χ1n) is 10.4. The quantitative estimate of drug-likeness (QED) is 0.490. The molecule has 166 valence electrons. The zero-order valence-electron chi connectivity index (χ0n) is 18.3. The molecule has 0 bridgehead atoms. The third-order valence-corrected chi connectivity index (χ3v) is 5.04. The number of esters is 1. The summed E-state index contributed by atoms with van der Waals surface area (Å²) in [5, 5.41) is 2.74. The number of benzene rings is 3. The molecule has 0 unspecified atom stereocenters. The van der Waals surface area contributed by atoms with Crippen molar-refractivity contribution in [3.8, 4) is 11.5 Å². The highest BCUT2D eigenvalue weighted by Gasteiger charge is 2.14. The average molecular weight is 434 g/mol. The molecule has 6 heteroatoms. The molecule has 32 heavy (non-hydrogen) atoms. The van der Waals surface area contributed by atoms with E-state index in [9.17, 15) is 9.59 Å². The Bertz CT molecular complexity index is 1050. The van der Waals surface area contributed by atoms with Crippen molar-refractivity contribution in [2.75, 3.05) is 20.8 Å². The second-order valence-electron chi connectivity index (χ2n) is 7.18. The van der Waals surface area contributed by atoms with Gasteiger partial charge in [0.15, 0.2) is 18.1 Å². The van der Waals surface area contributed by atoms with Crippen LogP contribution in [-0.4, -0.2) is 32.7 Å². The lowest BCUT2D eigenvalue weighted by Crippen LogP contribution is -2.28. The summed E-state index contributed by atoms with van der Waals surface area (Å²) in [6.45, 7) is -0.0659. The van der Waals surface area contributed by atoms with E-state index < -0.39 is 5.97 Å². The molecule has 0 radical (unpaired) electrons. The molecule has 0 saturated heterocycles. The van der Waals surface area contributed by atoms with E-state index in [4.69, 9.17) is 14.2 Å². The minimum absolute atomic E-state index is 0.282. The third kappa shape index (κ3) is 6.35. The van der Waals surface area contributed by atoms with Crippen molar-refractivity contribution in [3.05, 3.63) is 95.1 Å². The minimum atomic E-state index is -0.505. The van der Waals surface area contributed by atoms with Crippen LogP contribution in [0.25, 0.3) is 0 Å². The van der Waals surface area contributed by atoms with E-state index >= 15 is 0 Å². The van der Waals surface area contributed by atoms with Crippen molar-refractivity contribution in [2.45, 2.75) is 19.4 Å². The number of hydrogen-bond acceptors (Lipinski definition) is 5. The first kappa shape index (κ1) is 22.9. The summed E-state index contributed by atoms with van der Waals surface area (Å²) >= 11 is 0. The summed E-state index contributed by atoms with van der Waals surface area (Å²) in [7, 11) is 3.12. The van der Waals surface area contributed by atoms with Crippen LogP contribution in [0.3, 0.4) is 0 Å². The molecule has 0 aliphatic carbocycles. The van der Waals surface area contributed by atoms with Crippen LogP contribution < -0.4 is 14.8 Å². The number of hydrogen-bond donors (Lipinski definition) is 1. The largest absolute Gasteiger partial charge is 0.493 e. The Morgan fingerprint density at radius 3 is 2.25 bits per heavy atom. The summed E-state index contributed by atoms with van der Waals surface area (Å²) in [6, 6.07) is 22.8. The van der Waals surface area contributed by atoms with Crippen molar-refractivity contribution in [2.24, 2.45) is 0 Å². The van der Waals surface area contributed by atoms with E-state index in [2.05, 4.69) is 17.4 Å². The van der Waals surface area contributed by atoms with Crippen LogP contribution in [0, 0.1) is 0 Å². The van der Waals surface area contributed by atoms with Gasteiger partial charge in [0.25, 0.3) is 5.91 Å². The van der Waals surface area contributed by atoms with Crippen molar-refractivity contribution >= 4 is 11.9 Å². The first-order valence-corrected chi connectivity index (χ1v) is 10.4. The maximum atomic E-state index is 12.6. The van der Waals surface area contributed by atoms with Crippen LogP contribution in [0.2, 0.25) is 0 Å². The van der Waals surface area contributed by atoms with Gasteiger partial charge in [-0.05, 0) is 47.7 Å². The molecule has 6 nitrogen and oxygen atoms in total. The molecule has 0 spiro atoms. The smallest absolute Gasteiger partial charge is 0.338 e. The molecule has 3 aromatic carbocycles. The van der Waals surface area contributed by atoms with Crippen molar-refractivity contribution in [3.63, 3.8) is 0 Å². The topological polar surface area (TPSA) is 73.9 Å². The van der Waals surface area contributed by atoms with Crippen LogP contribution >= 0.6 is 0 Å². The van der Waals surface area contributed by atoms with Gasteiger partial charge < -0.3 is 19.5 Å². The number of aryl methyl sites for hydroxylation is 2. The molecular formula is C26H27NO5. The molecule has 0 aliphatic rings. The maximum Gasteiger partial charge on any atom is 0.338 e. The standard InChI is InChI=1S/C26H27NO5/c1-30-23-15-13-20(16-24(23)31-2)17-27-25(28)18-32-26(29)22-11-7-6-10-21(22)14-12-19-8-4-3-5-9-19/h3-11,13,15-16H,12,14,17-18H2,1-2H3,(H,27,28). The molecule has 0 atom stereocenters. The van der Waals surface area contributed by atoms with Crippen LogP contribution in [0.4, 0.5) is 0 Å². The normalized spacial score (nSPS) is 10.3. The molecule has 3 aromatic rings. The lowest BCUT2D eigenvalue weighted by atomic mass is 10.00. The van der Waals surface area contributed by atoms with E-state index in [0.29, 0.717) is 23.5 Å². The fraction of sp³-hybridized carbons (Fsp3) is 0.231. The average Bonchev–Trinajstić information content (AvgIpc) is 2.85. The Hall–Kier alpha value is -3.80. The number of methoxy groups -OCH3 is 2. The summed E-state index contributed by atoms with van der Waals surface area (Å²) in [6.07, 6.45) is 1.53. The number of carbonyl (C=O) groups excluding carboxylic acids is 2. The second kappa shape index (κ2) is 11.6. The zero-order valence-corrected chi connectivity index (χ0v) is 18.3. The zero-order chi connectivity index (χ0) is 22.8. The molecule has 0 aromatic heterocycles. The van der Waals surface area contributed by atoms with Gasteiger partial charge in [0.05, 0.1) is 19.8 Å². The molecule has 0 aliphatic heterocycles. The van der Waals surface area contributed by atoms with Gasteiger partial charge in [0.2, 0.25) is 0 Å². The highest BCUT2D eigenvalue weighted by molar-refractivity contribution is 5.92. The summed E-state index contributed by atoms with van der Waals surface area (Å²) < 4.78 is 15.7. The highest BCUT2D eigenvalue weighted by atomic mass is 16.5. The summed E-state index contributed by atoms with van der Waals surface area (Å²) in [5.74, 6) is 0.310. The molecule has 0 heterocycles. The first-order chi connectivity index (χ1) is 15.6. The maximum absolute atomic E-state index is 12.6. The van der Waals surface area contributed by atoms with Gasteiger partial charge in [-0.1, -0.05) is 54.6 Å². The van der Waals surface area contributed by atoms with E-state index in [-0.39, 0.29) is 19.1 Å². The van der Waals surface area contributed by atoms with Gasteiger partial charge in [0, 0.05) is 6.54 Å². The summed E-state index contributed by atoms with van der Waals surface area (Å²) in [5.41, 5.74) is 3.42. The Kier molecular flexibility index (Phi) is 8.26. The van der Waals surface area contributed by atoms with Gasteiger partial charge in [-0.2, -0.15) is 0 Å². The number of amides is 1. The van der Waals surface area contributed by atoms with Crippen molar-refractivity contribution in [1.29, 1.82) is 0 Å². The second-order valence-corrected chi connectivity index (χ2v) is 7.18. The predicted molar refractivity (Wildman–Crippen MR) is 122 cm³/mol. The van der Waals surface area contributed by atoms with Crippen LogP contribution in [0.5, 0.6) is 11.5 Å². The monoisotopic (exact) mass is 433 g/mol. The van der Waals surface area contributed by atoms with E-state index in [1.54, 1.807) is 38.5 Å². The van der Waals surface area contributed by atoms with Crippen molar-refractivity contribution in [1.82, 2.24) is 5.32 Å². The molecule has 3 rings (SSSR count). The van der Waals surface area contributed by atoms with Gasteiger partial charge in [-0.3, -0.25) is 4.79 Å². The number of ether oxygens (including phenoxy) is 3. The number of carbonyl (C=O) groups is 2. The van der Waals surface area contributed by atoms with Gasteiger partial charge in [-0.25, -0.2) is 4.79 Å². The lowest BCUT2D eigenvalue weighted by Gasteiger charge is -2.11. The minimum Gasteiger partial charge on any atom is -0.493 e. The van der Waals surface area contributed by atoms with Gasteiger partial charge in [0.1, 0.15) is 0 Å². The van der Waals surface area contributed by atoms with Crippen LogP contribution in [0.15, 0.2) is 72.8 Å². The lowest BCUT2D eigenvalue weighted by molar-refractivity contribution is -0.124. The Balaban J connectivity index is 1.51. The fourth-order valence-corrected chi connectivity index (χ4v) is 3.31. The Labute approximate surface area is 188 Å². The van der Waals surface area contributed by atoms with E-state index in [0.717, 1.165) is 17.5 Å². The molecule has 1 N–H and O–H groups in total. The van der Waals surface area contributed by atoms with Crippen LogP contribution in [0.1, 0.15) is 27.0 Å². The highest BCUT2D eigenvalue weighted by Crippen LogP contribution is 2.27.